The number of β-amino-alcohol motifs (C(OH)–C–C–N with tert-alkyl or cyclic N) is 1. The molecule has 3 aromatic rings. The first kappa shape index (κ1) is 27.4. The highest BCUT2D eigenvalue weighted by atomic mass is 16.5. The minimum Gasteiger partial charge on any atom is -0.493 e. The molecule has 1 saturated heterocycles. The number of rotatable bonds is 12. The standard InChI is InChI=1S/C28H36N4O6/c1-35-19-27(33)31-14-13-30(20-28(34,21-31)22-38-24-7-4-3-5-8-24)18-23-9-10-25(36-2)26(17-23)37-16-15-32-12-6-11-29-32/h3-12,17,34H,13-16,18-22H2,1-2H3/t28-/m0/s1. The van der Waals surface area contributed by atoms with Crippen LogP contribution >= 0.6 is 0 Å². The van der Waals surface area contributed by atoms with Gasteiger partial charge in [0.1, 0.15) is 31.2 Å². The van der Waals surface area contributed by atoms with Crippen LogP contribution in [0.2, 0.25) is 0 Å². The number of hydrogen-bond donors (Lipinski definition) is 1. The number of para-hydroxylation sites is 1. The molecule has 0 bridgehead atoms. The average Bonchev–Trinajstić information content (AvgIpc) is 3.38. The van der Waals surface area contributed by atoms with E-state index in [1.54, 1.807) is 18.2 Å². The van der Waals surface area contributed by atoms with Crippen molar-refractivity contribution in [1.82, 2.24) is 19.6 Å². The minimum atomic E-state index is -1.27. The zero-order valence-electron chi connectivity index (χ0n) is 22.0. The topological polar surface area (TPSA) is 98.5 Å². The van der Waals surface area contributed by atoms with Crippen LogP contribution in [0.5, 0.6) is 17.2 Å². The molecule has 0 spiro atoms. The second-order valence-electron chi connectivity index (χ2n) is 9.39. The lowest BCUT2D eigenvalue weighted by Gasteiger charge is -2.33. The summed E-state index contributed by atoms with van der Waals surface area (Å²) in [6, 6.07) is 17.1. The van der Waals surface area contributed by atoms with Gasteiger partial charge in [-0.05, 0) is 35.9 Å². The molecule has 2 aromatic carbocycles. The van der Waals surface area contributed by atoms with Gasteiger partial charge in [-0.15, -0.1) is 0 Å². The molecule has 1 N–H and O–H groups in total. The Balaban J connectivity index is 1.46. The van der Waals surface area contributed by atoms with E-state index in [0.717, 1.165) is 5.56 Å². The summed E-state index contributed by atoms with van der Waals surface area (Å²) in [7, 11) is 3.10. The molecule has 1 aliphatic rings. The van der Waals surface area contributed by atoms with Crippen LogP contribution in [-0.2, 0) is 22.6 Å². The Hall–Kier alpha value is -3.60. The lowest BCUT2D eigenvalue weighted by Crippen LogP contribution is -2.52. The summed E-state index contributed by atoms with van der Waals surface area (Å²) >= 11 is 0. The molecule has 10 heteroatoms. The molecule has 2 heterocycles. The van der Waals surface area contributed by atoms with Crippen molar-refractivity contribution in [2.24, 2.45) is 0 Å². The fraction of sp³-hybridized carbons (Fsp3) is 0.429. The van der Waals surface area contributed by atoms with Crippen LogP contribution in [0.25, 0.3) is 0 Å². The van der Waals surface area contributed by atoms with E-state index in [1.165, 1.54) is 7.11 Å². The highest BCUT2D eigenvalue weighted by Gasteiger charge is 2.37. The van der Waals surface area contributed by atoms with Crippen LogP contribution < -0.4 is 14.2 Å². The molecule has 38 heavy (non-hydrogen) atoms. The van der Waals surface area contributed by atoms with Gasteiger partial charge in [0.05, 0.1) is 20.2 Å². The van der Waals surface area contributed by atoms with Crippen LogP contribution in [0.4, 0.5) is 0 Å². The largest absolute Gasteiger partial charge is 0.493 e. The minimum absolute atomic E-state index is 0.0344. The zero-order valence-corrected chi connectivity index (χ0v) is 22.0. The van der Waals surface area contributed by atoms with Gasteiger partial charge in [-0.25, -0.2) is 0 Å². The van der Waals surface area contributed by atoms with Crippen molar-refractivity contribution in [2.75, 3.05) is 60.2 Å². The molecule has 0 aliphatic carbocycles. The van der Waals surface area contributed by atoms with E-state index in [2.05, 4.69) is 10.00 Å². The molecular weight excluding hydrogens is 488 g/mol. The molecule has 1 atom stereocenters. The smallest absolute Gasteiger partial charge is 0.248 e. The molecule has 4 rings (SSSR count). The quantitative estimate of drug-likeness (QED) is 0.385. The number of benzene rings is 2. The molecule has 1 aromatic heterocycles. The fourth-order valence-electron chi connectivity index (χ4n) is 4.50. The molecule has 10 nitrogen and oxygen atoms in total. The molecule has 204 valence electrons. The molecular formula is C28H36N4O6. The predicted octanol–water partition coefficient (Wildman–Crippen LogP) is 2.07. The Morgan fingerprint density at radius 2 is 1.87 bits per heavy atom. The Bertz CT molecular complexity index is 1140. The Morgan fingerprint density at radius 3 is 2.61 bits per heavy atom. The maximum atomic E-state index is 12.7. The van der Waals surface area contributed by atoms with Crippen molar-refractivity contribution in [2.45, 2.75) is 18.7 Å². The van der Waals surface area contributed by atoms with Gasteiger partial charge in [-0.2, -0.15) is 5.10 Å². The number of nitrogens with zero attached hydrogens (tertiary/aromatic N) is 4. The maximum absolute atomic E-state index is 12.7. The molecule has 1 aliphatic heterocycles. The van der Waals surface area contributed by atoms with Crippen molar-refractivity contribution in [1.29, 1.82) is 0 Å². The summed E-state index contributed by atoms with van der Waals surface area (Å²) in [5.74, 6) is 1.80. The monoisotopic (exact) mass is 524 g/mol. The zero-order chi connectivity index (χ0) is 26.8. The number of carbonyl (C=O) groups is 1. The van der Waals surface area contributed by atoms with E-state index >= 15 is 0 Å². The van der Waals surface area contributed by atoms with Gasteiger partial charge < -0.3 is 29.0 Å². The third-order valence-corrected chi connectivity index (χ3v) is 6.33. The van der Waals surface area contributed by atoms with E-state index in [9.17, 15) is 9.90 Å². The van der Waals surface area contributed by atoms with Crippen molar-refractivity contribution >= 4 is 5.91 Å². The SMILES string of the molecule is COCC(=O)N1CCN(Cc2ccc(OC)c(OCCn3cccn3)c2)C[C@@](O)(COc2ccccc2)C1. The van der Waals surface area contributed by atoms with Crippen LogP contribution in [0.1, 0.15) is 5.56 Å². The summed E-state index contributed by atoms with van der Waals surface area (Å²) in [5.41, 5.74) is -0.270. The van der Waals surface area contributed by atoms with Crippen molar-refractivity contribution in [3.8, 4) is 17.2 Å². The summed E-state index contributed by atoms with van der Waals surface area (Å²) in [6.45, 7) is 3.18. The molecule has 0 unspecified atom stereocenters. The van der Waals surface area contributed by atoms with Gasteiger partial charge in [-0.1, -0.05) is 24.3 Å². The number of amides is 1. The van der Waals surface area contributed by atoms with Gasteiger partial charge in [0.25, 0.3) is 0 Å². The van der Waals surface area contributed by atoms with Gasteiger partial charge in [-0.3, -0.25) is 14.4 Å². The van der Waals surface area contributed by atoms with Gasteiger partial charge in [0.2, 0.25) is 5.91 Å². The van der Waals surface area contributed by atoms with Crippen LogP contribution in [-0.4, -0.2) is 96.4 Å². The summed E-state index contributed by atoms with van der Waals surface area (Å²) < 4.78 is 24.3. The Labute approximate surface area is 223 Å². The molecule has 0 saturated carbocycles. The number of ether oxygens (including phenoxy) is 4. The first-order chi connectivity index (χ1) is 18.5. The summed E-state index contributed by atoms with van der Waals surface area (Å²) in [5, 5.41) is 15.8. The Kier molecular flexibility index (Phi) is 9.58. The lowest BCUT2D eigenvalue weighted by atomic mass is 10.0. The molecule has 1 fully saturated rings. The number of carbonyl (C=O) groups excluding carboxylic acids is 1. The van der Waals surface area contributed by atoms with Gasteiger partial charge in [0.15, 0.2) is 11.5 Å². The van der Waals surface area contributed by atoms with Crippen molar-refractivity contribution in [3.05, 3.63) is 72.6 Å². The number of aromatic nitrogens is 2. The van der Waals surface area contributed by atoms with E-state index in [1.807, 2.05) is 65.5 Å². The van der Waals surface area contributed by atoms with Crippen molar-refractivity contribution in [3.63, 3.8) is 0 Å². The predicted molar refractivity (Wildman–Crippen MR) is 141 cm³/mol. The highest BCUT2D eigenvalue weighted by molar-refractivity contribution is 5.77. The van der Waals surface area contributed by atoms with E-state index in [-0.39, 0.29) is 25.7 Å². The van der Waals surface area contributed by atoms with E-state index in [4.69, 9.17) is 18.9 Å². The third kappa shape index (κ3) is 7.70. The lowest BCUT2D eigenvalue weighted by molar-refractivity contribution is -0.138. The van der Waals surface area contributed by atoms with Crippen LogP contribution in [0, 0.1) is 0 Å². The third-order valence-electron chi connectivity index (χ3n) is 6.33. The summed E-state index contributed by atoms with van der Waals surface area (Å²) in [6.07, 6.45) is 3.62. The van der Waals surface area contributed by atoms with Crippen LogP contribution in [0.3, 0.4) is 0 Å². The van der Waals surface area contributed by atoms with E-state index < -0.39 is 5.60 Å². The van der Waals surface area contributed by atoms with E-state index in [0.29, 0.717) is 56.6 Å². The molecule has 1 amide bonds. The van der Waals surface area contributed by atoms with Crippen molar-refractivity contribution < 1.29 is 28.8 Å². The first-order valence-electron chi connectivity index (χ1n) is 12.6. The second kappa shape index (κ2) is 13.3. The Morgan fingerprint density at radius 1 is 1.03 bits per heavy atom. The van der Waals surface area contributed by atoms with Gasteiger partial charge >= 0.3 is 0 Å². The number of aliphatic hydroxyl groups is 1. The van der Waals surface area contributed by atoms with Gasteiger partial charge in [0, 0.05) is 45.7 Å². The fourth-order valence-corrected chi connectivity index (χ4v) is 4.50. The average molecular weight is 525 g/mol. The maximum Gasteiger partial charge on any atom is 0.248 e. The normalized spacial score (nSPS) is 18.1. The highest BCUT2D eigenvalue weighted by Crippen LogP contribution is 2.29. The first-order valence-corrected chi connectivity index (χ1v) is 12.6. The van der Waals surface area contributed by atoms with Crippen LogP contribution in [0.15, 0.2) is 67.0 Å². The summed E-state index contributed by atoms with van der Waals surface area (Å²) in [4.78, 5) is 16.4. The number of methoxy groups -OCH3 is 2. The second-order valence-corrected chi connectivity index (χ2v) is 9.39. The number of hydrogen-bond acceptors (Lipinski definition) is 8. The molecule has 0 radical (unpaired) electrons.